The molecule has 1 aliphatic rings. The molecule has 4 heteroatoms. The van der Waals surface area contributed by atoms with E-state index in [-0.39, 0.29) is 11.8 Å². The Labute approximate surface area is 108 Å². The molecule has 1 aliphatic heterocycles. The second-order valence-electron chi connectivity index (χ2n) is 3.95. The van der Waals surface area contributed by atoms with Gasteiger partial charge in [-0.05, 0) is 28.1 Å². The number of hydrogen-bond acceptors (Lipinski definition) is 2. The average Bonchev–Trinajstić information content (AvgIpc) is 2.70. The minimum Gasteiger partial charge on any atom is -0.310 e. The first-order valence-electron chi connectivity index (χ1n) is 5.29. The normalized spacial score (nSPS) is 19.2. The van der Waals surface area contributed by atoms with Crippen molar-refractivity contribution in [2.75, 3.05) is 11.4 Å². The van der Waals surface area contributed by atoms with Gasteiger partial charge < -0.3 is 4.90 Å². The Bertz CT molecular complexity index is 519. The molecule has 1 heterocycles. The maximum atomic E-state index is 11.9. The molecule has 1 unspecified atom stereocenters. The van der Waals surface area contributed by atoms with Crippen molar-refractivity contribution in [3.63, 3.8) is 0 Å². The lowest BCUT2D eigenvalue weighted by Gasteiger charge is -2.18. The first-order chi connectivity index (χ1) is 8.17. The number of rotatable bonds is 2. The Kier molecular flexibility index (Phi) is 3.30. The van der Waals surface area contributed by atoms with Crippen molar-refractivity contribution in [2.24, 2.45) is 5.92 Å². The van der Waals surface area contributed by atoms with Crippen molar-refractivity contribution < 1.29 is 4.79 Å². The summed E-state index contributed by atoms with van der Waals surface area (Å²) in [7, 11) is 0. The fourth-order valence-electron chi connectivity index (χ4n) is 1.97. The minimum atomic E-state index is 0.0458. The van der Waals surface area contributed by atoms with Gasteiger partial charge >= 0.3 is 0 Å². The van der Waals surface area contributed by atoms with E-state index in [1.165, 1.54) is 0 Å². The predicted octanol–water partition coefficient (Wildman–Crippen LogP) is 2.86. The van der Waals surface area contributed by atoms with E-state index in [0.29, 0.717) is 28.7 Å². The molecule has 0 spiro atoms. The molecule has 1 amide bonds. The van der Waals surface area contributed by atoms with Crippen LogP contribution in [0.2, 0.25) is 0 Å². The number of carbonyl (C=O) groups excluding carboxylic acids is 1. The van der Waals surface area contributed by atoms with Gasteiger partial charge in [0.15, 0.2) is 0 Å². The van der Waals surface area contributed by atoms with Crippen LogP contribution in [0.1, 0.15) is 12.0 Å². The Balaban J connectivity index is 2.42. The van der Waals surface area contributed by atoms with Gasteiger partial charge in [-0.1, -0.05) is 12.1 Å². The Morgan fingerprint density at radius 2 is 2.35 bits per heavy atom. The molecular formula is C13H11BrN2O. The lowest BCUT2D eigenvalue weighted by molar-refractivity contribution is -0.117. The molecule has 0 bridgehead atoms. The molecule has 1 fully saturated rings. The van der Waals surface area contributed by atoms with E-state index in [1.807, 2.05) is 6.07 Å². The van der Waals surface area contributed by atoms with E-state index in [2.05, 4.69) is 28.6 Å². The quantitative estimate of drug-likeness (QED) is 0.786. The summed E-state index contributed by atoms with van der Waals surface area (Å²) in [5.41, 5.74) is 1.18. The van der Waals surface area contributed by atoms with E-state index in [0.717, 1.165) is 0 Å². The Morgan fingerprint density at radius 1 is 1.59 bits per heavy atom. The van der Waals surface area contributed by atoms with Crippen LogP contribution in [-0.2, 0) is 4.79 Å². The van der Waals surface area contributed by atoms with Crippen LogP contribution in [0.3, 0.4) is 0 Å². The van der Waals surface area contributed by atoms with Gasteiger partial charge in [0.2, 0.25) is 5.91 Å². The number of hydrogen-bond donors (Lipinski definition) is 0. The van der Waals surface area contributed by atoms with Crippen LogP contribution in [0.5, 0.6) is 0 Å². The summed E-state index contributed by atoms with van der Waals surface area (Å²) in [6.07, 6.45) is 2.27. The summed E-state index contributed by atoms with van der Waals surface area (Å²) in [6, 6.07) is 7.55. The molecule has 0 saturated carbocycles. The number of amides is 1. The van der Waals surface area contributed by atoms with Crippen LogP contribution in [-0.4, -0.2) is 12.5 Å². The van der Waals surface area contributed by atoms with Gasteiger partial charge in [-0.15, -0.1) is 6.58 Å². The van der Waals surface area contributed by atoms with Crippen molar-refractivity contribution in [2.45, 2.75) is 6.42 Å². The van der Waals surface area contributed by atoms with Crippen molar-refractivity contribution in [1.82, 2.24) is 0 Å². The minimum absolute atomic E-state index is 0.0458. The summed E-state index contributed by atoms with van der Waals surface area (Å²) < 4.78 is 0.715. The zero-order chi connectivity index (χ0) is 12.4. The zero-order valence-electron chi connectivity index (χ0n) is 9.19. The van der Waals surface area contributed by atoms with Gasteiger partial charge in [0.05, 0.1) is 11.3 Å². The van der Waals surface area contributed by atoms with Crippen molar-refractivity contribution in [3.8, 4) is 6.07 Å². The van der Waals surface area contributed by atoms with E-state index in [1.54, 1.807) is 23.1 Å². The largest absolute Gasteiger partial charge is 0.310 e. The van der Waals surface area contributed by atoms with Gasteiger partial charge in [-0.25, -0.2) is 0 Å². The van der Waals surface area contributed by atoms with Crippen LogP contribution in [0.25, 0.3) is 0 Å². The molecule has 2 rings (SSSR count). The SMILES string of the molecule is C=CC1CC(=O)N(c2cccc(Br)c2C#N)C1. The molecular weight excluding hydrogens is 280 g/mol. The molecule has 0 radical (unpaired) electrons. The lowest BCUT2D eigenvalue weighted by atomic mass is 10.1. The Morgan fingerprint density at radius 3 is 2.94 bits per heavy atom. The van der Waals surface area contributed by atoms with Gasteiger partial charge in [0.25, 0.3) is 0 Å². The smallest absolute Gasteiger partial charge is 0.227 e. The average molecular weight is 291 g/mol. The summed E-state index contributed by atoms with van der Waals surface area (Å²) in [5, 5.41) is 9.13. The van der Waals surface area contributed by atoms with Gasteiger partial charge in [-0.2, -0.15) is 5.26 Å². The van der Waals surface area contributed by atoms with Crippen molar-refractivity contribution >= 4 is 27.5 Å². The standard InChI is InChI=1S/C13H11BrN2O/c1-2-9-6-13(17)16(8-9)12-5-3-4-11(14)10(12)7-15/h2-5,9H,1,6,8H2. The molecule has 1 aromatic rings. The third kappa shape index (κ3) is 2.11. The molecule has 3 nitrogen and oxygen atoms in total. The highest BCUT2D eigenvalue weighted by atomic mass is 79.9. The fourth-order valence-corrected chi connectivity index (χ4v) is 2.42. The topological polar surface area (TPSA) is 44.1 Å². The Hall–Kier alpha value is -1.60. The monoisotopic (exact) mass is 290 g/mol. The maximum Gasteiger partial charge on any atom is 0.227 e. The predicted molar refractivity (Wildman–Crippen MR) is 69.5 cm³/mol. The fraction of sp³-hybridized carbons (Fsp3) is 0.231. The number of anilines is 1. The third-order valence-electron chi connectivity index (χ3n) is 2.88. The second kappa shape index (κ2) is 4.72. The first-order valence-corrected chi connectivity index (χ1v) is 6.08. The third-order valence-corrected chi connectivity index (χ3v) is 3.54. The van der Waals surface area contributed by atoms with E-state index in [4.69, 9.17) is 5.26 Å². The molecule has 1 saturated heterocycles. The summed E-state index contributed by atoms with van der Waals surface area (Å²) in [6.45, 7) is 4.32. The lowest BCUT2D eigenvalue weighted by Crippen LogP contribution is -2.25. The maximum absolute atomic E-state index is 11.9. The summed E-state index contributed by atoms with van der Waals surface area (Å²) in [4.78, 5) is 13.5. The molecule has 17 heavy (non-hydrogen) atoms. The van der Waals surface area contributed by atoms with Crippen LogP contribution < -0.4 is 4.90 Å². The highest BCUT2D eigenvalue weighted by Crippen LogP contribution is 2.31. The summed E-state index contributed by atoms with van der Waals surface area (Å²) >= 11 is 3.33. The van der Waals surface area contributed by atoms with Gasteiger partial charge in [0, 0.05) is 23.4 Å². The second-order valence-corrected chi connectivity index (χ2v) is 4.80. The van der Waals surface area contributed by atoms with E-state index >= 15 is 0 Å². The molecule has 0 N–H and O–H groups in total. The number of carbonyl (C=O) groups is 1. The number of halogens is 1. The highest BCUT2D eigenvalue weighted by molar-refractivity contribution is 9.10. The summed E-state index contributed by atoms with van der Waals surface area (Å²) in [5.74, 6) is 0.220. The molecule has 0 aromatic heterocycles. The van der Waals surface area contributed by atoms with Crippen molar-refractivity contribution in [3.05, 3.63) is 40.9 Å². The molecule has 1 aromatic carbocycles. The zero-order valence-corrected chi connectivity index (χ0v) is 10.8. The number of nitriles is 1. The van der Waals surface area contributed by atoms with E-state index in [9.17, 15) is 4.79 Å². The van der Waals surface area contributed by atoms with Crippen LogP contribution in [0.15, 0.2) is 35.3 Å². The van der Waals surface area contributed by atoms with E-state index < -0.39 is 0 Å². The van der Waals surface area contributed by atoms with Crippen LogP contribution >= 0.6 is 15.9 Å². The van der Waals surface area contributed by atoms with Crippen LogP contribution in [0, 0.1) is 17.2 Å². The molecule has 0 aliphatic carbocycles. The van der Waals surface area contributed by atoms with Crippen molar-refractivity contribution in [1.29, 1.82) is 5.26 Å². The highest BCUT2D eigenvalue weighted by Gasteiger charge is 2.30. The molecule has 86 valence electrons. The van der Waals surface area contributed by atoms with Crippen LogP contribution in [0.4, 0.5) is 5.69 Å². The molecule has 1 atom stereocenters. The number of nitrogens with zero attached hydrogens (tertiary/aromatic N) is 2. The first kappa shape index (κ1) is 11.9. The van der Waals surface area contributed by atoms with Gasteiger partial charge in [-0.3, -0.25) is 4.79 Å². The van der Waals surface area contributed by atoms with Gasteiger partial charge in [0.1, 0.15) is 6.07 Å². The number of benzene rings is 1.